The Morgan fingerprint density at radius 2 is 1.33 bits per heavy atom. The Hall–Kier alpha value is -1.18. The summed E-state index contributed by atoms with van der Waals surface area (Å²) < 4.78 is 12.3. The third-order valence-electron chi connectivity index (χ3n) is 8.24. The fourth-order valence-corrected chi connectivity index (χ4v) is 5.43. The zero-order chi connectivity index (χ0) is 36.4. The number of nitrogens with one attached hydrogen (secondary N) is 2. The molecule has 49 heavy (non-hydrogen) atoms. The zero-order valence-corrected chi connectivity index (χ0v) is 36.5. The molecule has 0 amide bonds. The average Bonchev–Trinajstić information content (AvgIpc) is 3.12. The molecule has 0 fully saturated rings. The molecule has 0 atom stereocenters. The summed E-state index contributed by atoms with van der Waals surface area (Å²) in [5.41, 5.74) is 14.6. The van der Waals surface area contributed by atoms with Gasteiger partial charge in [-0.25, -0.2) is 0 Å². The smallest absolute Gasteiger partial charge is 0.703 e. The van der Waals surface area contributed by atoms with Gasteiger partial charge >= 0.3 is 51.4 Å². The molecule has 0 spiro atoms. The summed E-state index contributed by atoms with van der Waals surface area (Å²) in [5, 5.41) is 2.54. The van der Waals surface area contributed by atoms with Crippen LogP contribution in [0.5, 0.6) is 0 Å². The number of nitrogens with two attached hydrogens (primary N) is 1. The second-order valence-electron chi connectivity index (χ2n) is 11.9. The van der Waals surface area contributed by atoms with E-state index in [9.17, 15) is 4.39 Å². The largest absolute Gasteiger partial charge is 1.00 e. The molecular formula is C44H74FKN3-. The standard InChI is InChI=1S/C19H16F.C15H32.C6H14N3.2C2H6.K/c1-14-6-11-18(19-5-3-2-4-17(14)19)16-9-7-15(8-10-16)12-13-20;1-4-7-9-11-13-15(6-3)14-12-10-8-5-2;1-6(7)4-2-3-5-9-8;2*1-2;/h2-12H,13H2,1H3;15H,4-14H2,1-3H3;7,9H,1-5,8H2;2*1-2H3;/q-1;;-1;;;+1. The molecule has 3 nitrogen and oxygen atoms in total. The van der Waals surface area contributed by atoms with E-state index in [1.54, 1.807) is 6.42 Å². The number of halogens is 1. The molecule has 0 aliphatic heterocycles. The van der Waals surface area contributed by atoms with Crippen LogP contribution in [-0.4, -0.2) is 13.2 Å². The van der Waals surface area contributed by atoms with Crippen molar-refractivity contribution in [2.45, 2.75) is 145 Å². The maximum absolute atomic E-state index is 12.3. The fraction of sp³-hybridized carbons (Fsp3) is 0.568. The molecule has 0 bridgehead atoms. The molecule has 0 unspecified atom stereocenters. The van der Waals surface area contributed by atoms with E-state index in [-0.39, 0.29) is 51.4 Å². The van der Waals surface area contributed by atoms with Gasteiger partial charge in [-0.05, 0) is 59.6 Å². The second-order valence-corrected chi connectivity index (χ2v) is 11.9. The molecule has 3 aromatic rings. The van der Waals surface area contributed by atoms with E-state index in [0.717, 1.165) is 42.9 Å². The van der Waals surface area contributed by atoms with Gasteiger partial charge < -0.3 is 5.73 Å². The first-order valence-corrected chi connectivity index (χ1v) is 19.2. The van der Waals surface area contributed by atoms with Crippen molar-refractivity contribution in [2.75, 3.05) is 13.2 Å². The molecule has 3 aromatic carbocycles. The quantitative estimate of drug-likeness (QED) is 0.0429. The summed E-state index contributed by atoms with van der Waals surface area (Å²) in [7, 11) is 0. The number of hydrazine groups is 1. The third kappa shape index (κ3) is 26.3. The number of hydrogen-bond acceptors (Lipinski definition) is 2. The van der Waals surface area contributed by atoms with Crippen LogP contribution in [0.15, 0.2) is 72.9 Å². The van der Waals surface area contributed by atoms with Gasteiger partial charge in [0.1, 0.15) is 0 Å². The monoisotopic (exact) mass is 703 g/mol. The molecule has 0 aliphatic carbocycles. The van der Waals surface area contributed by atoms with Gasteiger partial charge in [-0.2, -0.15) is 29.8 Å². The minimum absolute atomic E-state index is 0. The number of alkyl halides is 1. The molecule has 4 N–H and O–H groups in total. The van der Waals surface area contributed by atoms with Gasteiger partial charge in [0, 0.05) is 6.54 Å². The van der Waals surface area contributed by atoms with Gasteiger partial charge in [0.25, 0.3) is 0 Å². The van der Waals surface area contributed by atoms with Crippen LogP contribution in [0.25, 0.3) is 27.6 Å². The van der Waals surface area contributed by atoms with Crippen LogP contribution < -0.4 is 62.7 Å². The van der Waals surface area contributed by atoms with E-state index in [1.807, 2.05) is 39.8 Å². The van der Waals surface area contributed by atoms with Crippen LogP contribution in [0.1, 0.15) is 149 Å². The summed E-state index contributed by atoms with van der Waals surface area (Å²) in [5.74, 6) is 6.05. The number of rotatable bonds is 19. The van der Waals surface area contributed by atoms with E-state index in [2.05, 4.69) is 88.2 Å². The summed E-state index contributed by atoms with van der Waals surface area (Å²) in [6.45, 7) is 21.0. The van der Waals surface area contributed by atoms with Crippen molar-refractivity contribution in [3.8, 4) is 11.1 Å². The molecular weight excluding hydrogens is 629 g/mol. The van der Waals surface area contributed by atoms with Gasteiger partial charge in [0.15, 0.2) is 0 Å². The first-order valence-electron chi connectivity index (χ1n) is 19.2. The molecule has 0 heterocycles. The molecule has 274 valence electrons. The van der Waals surface area contributed by atoms with E-state index in [1.165, 1.54) is 92.5 Å². The second kappa shape index (κ2) is 38.1. The van der Waals surface area contributed by atoms with Gasteiger partial charge in [-0.15, -0.1) is 18.7 Å². The van der Waals surface area contributed by atoms with Crippen molar-refractivity contribution in [3.63, 3.8) is 0 Å². The molecule has 5 heteroatoms. The normalized spacial score (nSPS) is 9.78. The van der Waals surface area contributed by atoms with Crippen LogP contribution in [-0.2, 0) is 0 Å². The van der Waals surface area contributed by atoms with E-state index in [0.29, 0.717) is 5.70 Å². The van der Waals surface area contributed by atoms with Crippen molar-refractivity contribution in [1.82, 2.24) is 5.43 Å². The first kappa shape index (κ1) is 52.2. The maximum atomic E-state index is 12.3. The summed E-state index contributed by atoms with van der Waals surface area (Å²) >= 11 is 0. The first-order chi connectivity index (χ1) is 23.4. The maximum Gasteiger partial charge on any atom is 1.00 e. The van der Waals surface area contributed by atoms with E-state index >= 15 is 0 Å². The minimum Gasteiger partial charge on any atom is -0.703 e. The van der Waals surface area contributed by atoms with Crippen LogP contribution in [0.4, 0.5) is 4.39 Å². The number of fused-ring (bicyclic) bond motifs is 1. The van der Waals surface area contributed by atoms with Gasteiger partial charge in [0.05, 0.1) is 6.67 Å². The molecule has 0 aromatic heterocycles. The molecule has 0 aliphatic rings. The van der Waals surface area contributed by atoms with Crippen LogP contribution in [0, 0.1) is 19.3 Å². The average molecular weight is 703 g/mol. The topological polar surface area (TPSA) is 61.8 Å². The Morgan fingerprint density at radius 3 is 1.80 bits per heavy atom. The van der Waals surface area contributed by atoms with Gasteiger partial charge in [-0.3, -0.25) is 15.7 Å². The third-order valence-corrected chi connectivity index (χ3v) is 8.24. The summed E-state index contributed by atoms with van der Waals surface area (Å²) in [6.07, 6.45) is 20.3. The molecule has 3 rings (SSSR count). The minimum atomic E-state index is -0.424. The predicted octanol–water partition coefficient (Wildman–Crippen LogP) is 11.5. The number of allylic oxidation sites excluding steroid dienone is 1. The Morgan fingerprint density at radius 1 is 0.776 bits per heavy atom. The van der Waals surface area contributed by atoms with E-state index < -0.39 is 6.67 Å². The number of unbranched alkanes of at least 4 members (excludes halogenated alkanes) is 7. The number of hydrogen-bond donors (Lipinski definition) is 2. The van der Waals surface area contributed by atoms with Gasteiger partial charge in [-0.1, -0.05) is 155 Å². The summed E-state index contributed by atoms with van der Waals surface area (Å²) in [4.78, 5) is 0. The van der Waals surface area contributed by atoms with E-state index in [4.69, 9.17) is 11.6 Å². The summed E-state index contributed by atoms with van der Waals surface area (Å²) in [6, 6.07) is 20.8. The zero-order valence-electron chi connectivity index (χ0n) is 33.4. The van der Waals surface area contributed by atoms with Crippen molar-refractivity contribution in [2.24, 2.45) is 11.8 Å². The van der Waals surface area contributed by atoms with Crippen LogP contribution >= 0.6 is 0 Å². The predicted molar refractivity (Wildman–Crippen MR) is 217 cm³/mol. The van der Waals surface area contributed by atoms with Crippen LogP contribution in [0.2, 0.25) is 0 Å². The van der Waals surface area contributed by atoms with Crippen molar-refractivity contribution >= 4 is 10.8 Å². The Bertz CT molecular complexity index is 1120. The van der Waals surface area contributed by atoms with Crippen molar-refractivity contribution in [1.29, 1.82) is 0 Å². The number of benzene rings is 3. The van der Waals surface area contributed by atoms with Crippen LogP contribution in [0.3, 0.4) is 0 Å². The Balaban J connectivity index is -0.000000650. The van der Waals surface area contributed by atoms with Crippen molar-refractivity contribution < 1.29 is 55.8 Å². The fourth-order valence-electron chi connectivity index (χ4n) is 5.43. The Kier molecular flexibility index (Phi) is 40.5. The molecule has 0 saturated heterocycles. The Labute approximate surface area is 346 Å². The SMILES string of the molecule is C=C([NH-])CCCCNN.CC.CC.CCCCCCC(CC)CCCCCC.Cc1ccc(-c2ccc([CH-]CF)cc2)c2ccccc12.[K+]. The number of aryl methyl sites for hydroxylation is 1. The molecule has 0 radical (unpaired) electrons. The molecule has 0 saturated carbocycles. The van der Waals surface area contributed by atoms with Crippen molar-refractivity contribution in [3.05, 3.63) is 96.2 Å². The van der Waals surface area contributed by atoms with Gasteiger partial charge in [0.2, 0.25) is 0 Å².